The summed E-state index contributed by atoms with van der Waals surface area (Å²) >= 11 is 0. The van der Waals surface area contributed by atoms with Crippen molar-refractivity contribution in [2.24, 2.45) is 5.92 Å². The Kier molecular flexibility index (Phi) is 5.11. The number of carbonyl (C=O) groups is 1. The van der Waals surface area contributed by atoms with Crippen molar-refractivity contribution in [3.63, 3.8) is 0 Å². The first-order valence-electron chi connectivity index (χ1n) is 9.84. The number of fused-ring (bicyclic) bond motifs is 1. The fourth-order valence-electron chi connectivity index (χ4n) is 3.92. The summed E-state index contributed by atoms with van der Waals surface area (Å²) < 4.78 is 2.15. The van der Waals surface area contributed by atoms with Gasteiger partial charge in [-0.1, -0.05) is 19.9 Å². The molecule has 1 saturated heterocycles. The van der Waals surface area contributed by atoms with E-state index in [4.69, 9.17) is 0 Å². The van der Waals surface area contributed by atoms with Gasteiger partial charge in [-0.2, -0.15) is 0 Å². The van der Waals surface area contributed by atoms with Crippen LogP contribution in [0, 0.1) is 5.92 Å². The zero-order valence-electron chi connectivity index (χ0n) is 16.2. The Labute approximate surface area is 160 Å². The van der Waals surface area contributed by atoms with Crippen LogP contribution in [0.4, 0.5) is 5.82 Å². The fraction of sp³-hybridized carbons (Fsp3) is 0.550. The third-order valence-electron chi connectivity index (χ3n) is 5.26. The van der Waals surface area contributed by atoms with E-state index in [0.717, 1.165) is 50.9 Å². The van der Waals surface area contributed by atoms with Gasteiger partial charge in [-0.3, -0.25) is 9.69 Å². The number of anilines is 1. The Bertz CT molecular complexity index is 779. The predicted molar refractivity (Wildman–Crippen MR) is 105 cm³/mol. The molecular weight excluding hydrogens is 340 g/mol. The van der Waals surface area contributed by atoms with Gasteiger partial charge in [-0.15, -0.1) is 0 Å². The van der Waals surface area contributed by atoms with Crippen molar-refractivity contribution in [3.8, 4) is 0 Å². The van der Waals surface area contributed by atoms with Crippen LogP contribution in [0.25, 0.3) is 0 Å². The fourth-order valence-corrected chi connectivity index (χ4v) is 3.92. The molecule has 0 atom stereocenters. The van der Waals surface area contributed by atoms with Crippen molar-refractivity contribution < 1.29 is 4.79 Å². The molecule has 2 aromatic rings. The molecule has 0 aliphatic carbocycles. The molecule has 0 spiro atoms. The van der Waals surface area contributed by atoms with Crippen molar-refractivity contribution in [1.82, 2.24) is 24.3 Å². The summed E-state index contributed by atoms with van der Waals surface area (Å²) in [6.45, 7) is 11.3. The summed E-state index contributed by atoms with van der Waals surface area (Å²) in [5, 5.41) is 0. The van der Waals surface area contributed by atoms with Crippen LogP contribution in [-0.4, -0.2) is 69.5 Å². The maximum absolute atomic E-state index is 12.9. The van der Waals surface area contributed by atoms with Gasteiger partial charge in [0.05, 0.1) is 6.54 Å². The van der Waals surface area contributed by atoms with E-state index in [0.29, 0.717) is 24.7 Å². The zero-order valence-corrected chi connectivity index (χ0v) is 16.2. The van der Waals surface area contributed by atoms with Crippen molar-refractivity contribution in [3.05, 3.63) is 42.1 Å². The van der Waals surface area contributed by atoms with Crippen LogP contribution in [0.5, 0.6) is 0 Å². The van der Waals surface area contributed by atoms with E-state index in [2.05, 4.69) is 38.2 Å². The number of amides is 1. The number of nitrogens with zero attached hydrogens (tertiary/aromatic N) is 6. The number of aromatic nitrogens is 3. The highest BCUT2D eigenvalue weighted by Gasteiger charge is 2.27. The van der Waals surface area contributed by atoms with Crippen molar-refractivity contribution in [2.45, 2.75) is 26.9 Å². The molecule has 2 aliphatic heterocycles. The Morgan fingerprint density at radius 1 is 1.11 bits per heavy atom. The van der Waals surface area contributed by atoms with Crippen molar-refractivity contribution in [2.75, 3.05) is 44.2 Å². The first kappa shape index (κ1) is 18.0. The summed E-state index contributed by atoms with van der Waals surface area (Å²) in [6, 6.07) is 5.94. The van der Waals surface area contributed by atoms with E-state index in [-0.39, 0.29) is 5.91 Å². The minimum atomic E-state index is 0.0491. The van der Waals surface area contributed by atoms with Crippen molar-refractivity contribution in [1.29, 1.82) is 0 Å². The molecule has 1 amide bonds. The number of hydrogen-bond acceptors (Lipinski definition) is 5. The molecule has 0 bridgehead atoms. The minimum absolute atomic E-state index is 0.0491. The van der Waals surface area contributed by atoms with Crippen LogP contribution in [0.1, 0.15) is 30.2 Å². The summed E-state index contributed by atoms with van der Waals surface area (Å²) in [4.78, 5) is 28.6. The molecule has 4 rings (SSSR count). The third kappa shape index (κ3) is 3.98. The van der Waals surface area contributed by atoms with Crippen LogP contribution in [0.2, 0.25) is 0 Å². The highest BCUT2D eigenvalue weighted by molar-refractivity contribution is 5.92. The number of rotatable bonds is 4. The molecule has 4 heterocycles. The molecule has 0 radical (unpaired) electrons. The maximum Gasteiger partial charge on any atom is 0.274 e. The topological polar surface area (TPSA) is 57.5 Å². The average Bonchev–Trinajstić information content (AvgIpc) is 3.11. The molecule has 144 valence electrons. The number of piperazine rings is 1. The number of hydrogen-bond donors (Lipinski definition) is 0. The lowest BCUT2D eigenvalue weighted by atomic mass is 10.2. The molecule has 7 heteroatoms. The van der Waals surface area contributed by atoms with Gasteiger partial charge in [0.15, 0.2) is 0 Å². The quantitative estimate of drug-likeness (QED) is 0.822. The van der Waals surface area contributed by atoms with Gasteiger partial charge in [-0.25, -0.2) is 9.97 Å². The lowest BCUT2D eigenvalue weighted by molar-refractivity contribution is 0.0741. The molecular formula is C20H28N6O. The van der Waals surface area contributed by atoms with E-state index in [1.165, 1.54) is 0 Å². The van der Waals surface area contributed by atoms with E-state index in [9.17, 15) is 4.79 Å². The average molecular weight is 368 g/mol. The number of carbonyl (C=O) groups excluding carboxylic acids is 1. The number of imidazole rings is 1. The maximum atomic E-state index is 12.9. The molecule has 1 fully saturated rings. The van der Waals surface area contributed by atoms with Gasteiger partial charge >= 0.3 is 0 Å². The Balaban J connectivity index is 1.38. The zero-order chi connectivity index (χ0) is 18.8. The van der Waals surface area contributed by atoms with Gasteiger partial charge < -0.3 is 14.4 Å². The lowest BCUT2D eigenvalue weighted by Crippen LogP contribution is -2.49. The van der Waals surface area contributed by atoms with E-state index < -0.39 is 0 Å². The molecule has 0 N–H and O–H groups in total. The van der Waals surface area contributed by atoms with Gasteiger partial charge in [0.25, 0.3) is 5.91 Å². The molecule has 7 nitrogen and oxygen atoms in total. The highest BCUT2D eigenvalue weighted by atomic mass is 16.2. The molecule has 2 aromatic heterocycles. The lowest BCUT2D eigenvalue weighted by Gasteiger charge is -2.35. The van der Waals surface area contributed by atoms with Crippen molar-refractivity contribution >= 4 is 11.7 Å². The molecule has 0 saturated carbocycles. The molecule has 0 aromatic carbocycles. The largest absolute Gasteiger partial charge is 0.353 e. The van der Waals surface area contributed by atoms with Gasteiger partial charge in [-0.05, 0) is 18.1 Å². The highest BCUT2D eigenvalue weighted by Crippen LogP contribution is 2.17. The van der Waals surface area contributed by atoms with E-state index in [1.54, 1.807) is 0 Å². The van der Waals surface area contributed by atoms with Crippen LogP contribution in [0.15, 0.2) is 30.6 Å². The minimum Gasteiger partial charge on any atom is -0.353 e. The summed E-state index contributed by atoms with van der Waals surface area (Å²) in [7, 11) is 0. The van der Waals surface area contributed by atoms with Crippen LogP contribution >= 0.6 is 0 Å². The first-order valence-corrected chi connectivity index (χ1v) is 9.84. The molecule has 2 aliphatic rings. The smallest absolute Gasteiger partial charge is 0.274 e. The standard InChI is InChI=1S/C20H28N6O/c1-16(2)13-23-7-8-26-14-17(22-19(26)15-23)20(27)25-11-9-24(10-12-25)18-5-3-4-6-21-18/h3-6,14,16H,7-13,15H2,1-2H3. The Morgan fingerprint density at radius 2 is 1.93 bits per heavy atom. The van der Waals surface area contributed by atoms with Gasteiger partial charge in [0.1, 0.15) is 17.3 Å². The SMILES string of the molecule is CC(C)CN1CCn2cc(C(=O)N3CCN(c4ccccn4)CC3)nc2C1. The summed E-state index contributed by atoms with van der Waals surface area (Å²) in [5.41, 5.74) is 0.586. The second-order valence-electron chi connectivity index (χ2n) is 7.83. The Hall–Kier alpha value is -2.41. The van der Waals surface area contributed by atoms with E-state index in [1.807, 2.05) is 35.5 Å². The molecule has 0 unspecified atom stereocenters. The predicted octanol–water partition coefficient (Wildman–Crippen LogP) is 1.71. The van der Waals surface area contributed by atoms with Crippen LogP contribution in [-0.2, 0) is 13.1 Å². The monoisotopic (exact) mass is 368 g/mol. The van der Waals surface area contributed by atoms with Gasteiger partial charge in [0.2, 0.25) is 0 Å². The van der Waals surface area contributed by atoms with Crippen LogP contribution in [0.3, 0.4) is 0 Å². The third-order valence-corrected chi connectivity index (χ3v) is 5.26. The Morgan fingerprint density at radius 3 is 2.63 bits per heavy atom. The van der Waals surface area contributed by atoms with Crippen LogP contribution < -0.4 is 4.90 Å². The van der Waals surface area contributed by atoms with E-state index >= 15 is 0 Å². The normalized spacial score (nSPS) is 18.0. The molecule has 27 heavy (non-hydrogen) atoms. The first-order chi connectivity index (χ1) is 13.1. The summed E-state index contributed by atoms with van der Waals surface area (Å²) in [6.07, 6.45) is 3.75. The second-order valence-corrected chi connectivity index (χ2v) is 7.83. The second kappa shape index (κ2) is 7.68. The summed E-state index contributed by atoms with van der Waals surface area (Å²) in [5.74, 6) is 2.68. The number of pyridine rings is 1. The van der Waals surface area contributed by atoms with Gasteiger partial charge in [0, 0.05) is 58.2 Å².